The number of hydrogen-bond acceptors (Lipinski definition) is 2. The summed E-state index contributed by atoms with van der Waals surface area (Å²) in [4.78, 5) is 23.6. The second kappa shape index (κ2) is 7.02. The van der Waals surface area contributed by atoms with E-state index >= 15 is 0 Å². The maximum Gasteiger partial charge on any atom is 0.280 e. The molecule has 0 bridgehead atoms. The second-order valence-electron chi connectivity index (χ2n) is 5.82. The van der Waals surface area contributed by atoms with Crippen LogP contribution in [0.25, 0.3) is 0 Å². The summed E-state index contributed by atoms with van der Waals surface area (Å²) in [7, 11) is 0. The quantitative estimate of drug-likeness (QED) is 0.648. The molecule has 0 atom stereocenters. The highest BCUT2D eigenvalue weighted by Gasteiger charge is 2.22. The van der Waals surface area contributed by atoms with Gasteiger partial charge in [0.25, 0.3) is 5.91 Å². The number of hydrogen-bond donors (Lipinski definition) is 0. The van der Waals surface area contributed by atoms with Gasteiger partial charge in [-0.05, 0) is 45.8 Å². The fourth-order valence-corrected chi connectivity index (χ4v) is 3.44. The molecule has 0 aromatic heterocycles. The van der Waals surface area contributed by atoms with E-state index in [0.717, 1.165) is 21.4 Å². The number of amidine groups is 2. The van der Waals surface area contributed by atoms with Crippen molar-refractivity contribution in [2.24, 2.45) is 9.98 Å². The molecule has 2 heterocycles. The molecule has 0 spiro atoms. The highest BCUT2D eigenvalue weighted by molar-refractivity contribution is 9.11. The number of benzene rings is 2. The summed E-state index contributed by atoms with van der Waals surface area (Å²) in [5.74, 6) is 0.712. The summed E-state index contributed by atoms with van der Waals surface area (Å²) in [5.41, 5.74) is 2.25. The molecule has 128 valence electrons. The Balaban J connectivity index is 1.83. The van der Waals surface area contributed by atoms with Gasteiger partial charge in [-0.2, -0.15) is 4.99 Å². The van der Waals surface area contributed by atoms with Crippen LogP contribution in [0.2, 0.25) is 5.02 Å². The van der Waals surface area contributed by atoms with Gasteiger partial charge in [0.05, 0.1) is 10.6 Å². The fourth-order valence-electron chi connectivity index (χ4n) is 2.84. The Bertz CT molecular complexity index is 1020. The number of allylic oxidation sites excluding steroid dienone is 2. The second-order valence-corrected chi connectivity index (χ2v) is 7.15. The van der Waals surface area contributed by atoms with Crippen LogP contribution in [0.1, 0.15) is 21.5 Å². The lowest BCUT2D eigenvalue weighted by atomic mass is 10.1. The van der Waals surface area contributed by atoms with Crippen molar-refractivity contribution in [2.75, 3.05) is 0 Å². The van der Waals surface area contributed by atoms with E-state index in [0.29, 0.717) is 23.0 Å². The van der Waals surface area contributed by atoms with Crippen LogP contribution in [0.3, 0.4) is 0 Å². The van der Waals surface area contributed by atoms with Gasteiger partial charge in [-0.3, -0.25) is 4.79 Å². The van der Waals surface area contributed by atoms with Crippen LogP contribution in [0.5, 0.6) is 0 Å². The summed E-state index contributed by atoms with van der Waals surface area (Å²) in [6, 6.07) is 14.7. The molecular weight excluding hydrogens is 414 g/mol. The molecule has 2 aromatic rings. The third-order valence-electron chi connectivity index (χ3n) is 4.10. The maximum absolute atomic E-state index is 12.7. The van der Waals surface area contributed by atoms with E-state index in [1.807, 2.05) is 47.5 Å². The standard InChI is InChI=1S/C20H13BrClN3O/c21-14-9-10-18-23-19(24-20(26)16-7-3-4-8-17(16)22)15-6-2-1-5-13(15)11-25(18)12-14/h1-10,12H,11H2. The number of fused-ring (bicyclic) bond motifs is 2. The van der Waals surface area contributed by atoms with Crippen molar-refractivity contribution in [3.63, 3.8) is 0 Å². The number of nitrogens with zero attached hydrogens (tertiary/aromatic N) is 3. The summed E-state index contributed by atoms with van der Waals surface area (Å²) in [6.45, 7) is 0.647. The number of rotatable bonds is 1. The first kappa shape index (κ1) is 16.9. The molecule has 0 saturated carbocycles. The molecule has 26 heavy (non-hydrogen) atoms. The predicted octanol–water partition coefficient (Wildman–Crippen LogP) is 4.95. The minimum atomic E-state index is -0.408. The van der Waals surface area contributed by atoms with E-state index in [4.69, 9.17) is 11.6 Å². The molecule has 0 N–H and O–H groups in total. The molecule has 1 amide bonds. The zero-order valence-corrected chi connectivity index (χ0v) is 15.9. The fraction of sp³-hybridized carbons (Fsp3) is 0.0500. The van der Waals surface area contributed by atoms with Crippen molar-refractivity contribution in [1.82, 2.24) is 4.90 Å². The van der Waals surface area contributed by atoms with Crippen molar-refractivity contribution in [2.45, 2.75) is 6.54 Å². The van der Waals surface area contributed by atoms with Crippen molar-refractivity contribution >= 4 is 45.1 Å². The van der Waals surface area contributed by atoms with E-state index in [-0.39, 0.29) is 0 Å². The van der Waals surface area contributed by atoms with Gasteiger partial charge in [-0.1, -0.05) is 48.0 Å². The van der Waals surface area contributed by atoms with Gasteiger partial charge in [-0.15, -0.1) is 0 Å². The summed E-state index contributed by atoms with van der Waals surface area (Å²) in [6.07, 6.45) is 5.78. The van der Waals surface area contributed by atoms with Crippen molar-refractivity contribution < 1.29 is 4.79 Å². The first-order valence-corrected chi connectivity index (χ1v) is 9.15. The lowest BCUT2D eigenvalue weighted by Crippen LogP contribution is -2.24. The maximum atomic E-state index is 12.7. The van der Waals surface area contributed by atoms with Gasteiger partial charge in [0, 0.05) is 22.8 Å². The number of amides is 1. The molecule has 2 aliphatic rings. The molecule has 0 radical (unpaired) electrons. The highest BCUT2D eigenvalue weighted by Crippen LogP contribution is 2.24. The third kappa shape index (κ3) is 3.28. The zero-order chi connectivity index (χ0) is 18.1. The average molecular weight is 427 g/mol. The van der Waals surface area contributed by atoms with Gasteiger partial charge >= 0.3 is 0 Å². The van der Waals surface area contributed by atoms with Crippen LogP contribution in [0.15, 0.2) is 81.4 Å². The molecule has 0 saturated heterocycles. The van der Waals surface area contributed by atoms with Crippen LogP contribution in [0.4, 0.5) is 0 Å². The van der Waals surface area contributed by atoms with Crippen LogP contribution in [0, 0.1) is 0 Å². The van der Waals surface area contributed by atoms with Crippen LogP contribution < -0.4 is 0 Å². The first-order valence-electron chi connectivity index (χ1n) is 7.98. The van der Waals surface area contributed by atoms with E-state index < -0.39 is 5.91 Å². The van der Waals surface area contributed by atoms with Gasteiger partial charge < -0.3 is 4.90 Å². The van der Waals surface area contributed by atoms with E-state index in [1.54, 1.807) is 24.3 Å². The summed E-state index contributed by atoms with van der Waals surface area (Å²) in [5, 5.41) is 0.377. The Morgan fingerprint density at radius 1 is 1.12 bits per heavy atom. The van der Waals surface area contributed by atoms with Gasteiger partial charge in [0.1, 0.15) is 5.84 Å². The van der Waals surface area contributed by atoms with Gasteiger partial charge in [0.15, 0.2) is 5.84 Å². The molecule has 4 nitrogen and oxygen atoms in total. The first-order chi connectivity index (χ1) is 12.6. The Morgan fingerprint density at radius 3 is 2.73 bits per heavy atom. The average Bonchev–Trinajstić information content (AvgIpc) is 2.78. The molecule has 2 aliphatic heterocycles. The lowest BCUT2D eigenvalue weighted by Gasteiger charge is -2.21. The van der Waals surface area contributed by atoms with Crippen LogP contribution in [-0.4, -0.2) is 22.5 Å². The minimum Gasteiger partial charge on any atom is -0.327 e. The van der Waals surface area contributed by atoms with Gasteiger partial charge in [0.2, 0.25) is 0 Å². The normalized spacial score (nSPS) is 17.2. The van der Waals surface area contributed by atoms with Crippen molar-refractivity contribution in [3.05, 3.63) is 93.1 Å². The molecular formula is C20H13BrClN3O. The lowest BCUT2D eigenvalue weighted by molar-refractivity contribution is 0.100. The number of aliphatic imine (C=N–C) groups is 2. The third-order valence-corrected chi connectivity index (χ3v) is 4.89. The smallest absolute Gasteiger partial charge is 0.280 e. The summed E-state index contributed by atoms with van der Waals surface area (Å²) < 4.78 is 0.960. The number of carbonyl (C=O) groups is 1. The van der Waals surface area contributed by atoms with Crippen LogP contribution in [-0.2, 0) is 6.54 Å². The zero-order valence-electron chi connectivity index (χ0n) is 13.6. The summed E-state index contributed by atoms with van der Waals surface area (Å²) >= 11 is 9.63. The highest BCUT2D eigenvalue weighted by atomic mass is 79.9. The van der Waals surface area contributed by atoms with Gasteiger partial charge in [-0.25, -0.2) is 4.99 Å². The monoisotopic (exact) mass is 425 g/mol. The Labute approximate surface area is 164 Å². The molecule has 0 aliphatic carbocycles. The Kier molecular flexibility index (Phi) is 4.57. The minimum absolute atomic E-state index is 0.363. The Hall–Kier alpha value is -2.50. The molecule has 0 unspecified atom stereocenters. The number of carbonyl (C=O) groups excluding carboxylic acids is 1. The SMILES string of the molecule is O=C(N=C1N=C2C=CC(Br)=CN2Cc2ccccc21)c1ccccc1Cl. The van der Waals surface area contributed by atoms with E-state index in [1.165, 1.54) is 0 Å². The topological polar surface area (TPSA) is 45.0 Å². The van der Waals surface area contributed by atoms with Crippen molar-refractivity contribution in [3.8, 4) is 0 Å². The van der Waals surface area contributed by atoms with Crippen molar-refractivity contribution in [1.29, 1.82) is 0 Å². The largest absolute Gasteiger partial charge is 0.327 e. The van der Waals surface area contributed by atoms with E-state index in [9.17, 15) is 4.79 Å². The molecule has 0 fully saturated rings. The van der Waals surface area contributed by atoms with Crippen LogP contribution >= 0.6 is 27.5 Å². The number of halogens is 2. The molecule has 6 heteroatoms. The van der Waals surface area contributed by atoms with E-state index in [2.05, 4.69) is 25.9 Å². The molecule has 4 rings (SSSR count). The Morgan fingerprint density at radius 2 is 1.88 bits per heavy atom. The predicted molar refractivity (Wildman–Crippen MR) is 108 cm³/mol. The molecule has 2 aromatic carbocycles.